The fourth-order valence-corrected chi connectivity index (χ4v) is 2.79. The first-order valence-corrected chi connectivity index (χ1v) is 6.59. The summed E-state index contributed by atoms with van der Waals surface area (Å²) in [5.74, 6) is 0.995. The van der Waals surface area contributed by atoms with Crippen molar-refractivity contribution >= 4 is 5.91 Å². The molecule has 0 aliphatic heterocycles. The van der Waals surface area contributed by atoms with Crippen LogP contribution in [0.5, 0.6) is 0 Å². The lowest BCUT2D eigenvalue weighted by atomic mass is 9.68. The Balaban J connectivity index is 1.77. The van der Waals surface area contributed by atoms with E-state index in [1.54, 1.807) is 0 Å². The van der Waals surface area contributed by atoms with Crippen molar-refractivity contribution in [3.05, 3.63) is 0 Å². The van der Waals surface area contributed by atoms with Gasteiger partial charge in [0.25, 0.3) is 0 Å². The van der Waals surface area contributed by atoms with Crippen molar-refractivity contribution in [2.45, 2.75) is 44.9 Å². The van der Waals surface area contributed by atoms with Crippen LogP contribution in [0.15, 0.2) is 0 Å². The third-order valence-electron chi connectivity index (χ3n) is 4.53. The van der Waals surface area contributed by atoms with Gasteiger partial charge >= 0.3 is 0 Å². The quantitative estimate of drug-likeness (QED) is 0.773. The van der Waals surface area contributed by atoms with Gasteiger partial charge in [-0.15, -0.1) is 0 Å². The van der Waals surface area contributed by atoms with Crippen molar-refractivity contribution in [3.8, 4) is 0 Å². The molecule has 0 aromatic heterocycles. The van der Waals surface area contributed by atoms with Gasteiger partial charge < -0.3 is 10.6 Å². The normalized spacial score (nSPS) is 23.4. The summed E-state index contributed by atoms with van der Waals surface area (Å²) in [6.07, 6.45) is 8.26. The Morgan fingerprint density at radius 3 is 2.44 bits per heavy atom. The first kappa shape index (κ1) is 11.9. The van der Waals surface area contributed by atoms with Gasteiger partial charge in [0.05, 0.1) is 0 Å². The van der Waals surface area contributed by atoms with E-state index < -0.39 is 0 Å². The van der Waals surface area contributed by atoms with Crippen LogP contribution >= 0.6 is 0 Å². The molecule has 2 fully saturated rings. The van der Waals surface area contributed by atoms with Crippen LogP contribution in [-0.4, -0.2) is 30.9 Å². The van der Waals surface area contributed by atoms with Crippen molar-refractivity contribution in [1.82, 2.24) is 4.90 Å². The minimum atomic E-state index is 0.254. The third kappa shape index (κ3) is 2.40. The van der Waals surface area contributed by atoms with Gasteiger partial charge in [0, 0.05) is 25.4 Å². The second-order valence-corrected chi connectivity index (χ2v) is 5.81. The molecule has 2 rings (SSSR count). The zero-order valence-electron chi connectivity index (χ0n) is 10.4. The number of carbonyl (C=O) groups excluding carboxylic acids is 1. The van der Waals surface area contributed by atoms with Gasteiger partial charge in [0.15, 0.2) is 0 Å². The van der Waals surface area contributed by atoms with Gasteiger partial charge in [-0.1, -0.05) is 12.8 Å². The number of carbonyl (C=O) groups is 1. The number of amides is 1. The molecule has 0 unspecified atom stereocenters. The number of hydrogen-bond donors (Lipinski definition) is 1. The molecule has 0 bridgehead atoms. The third-order valence-corrected chi connectivity index (χ3v) is 4.53. The Morgan fingerprint density at radius 2 is 2.06 bits per heavy atom. The maximum absolute atomic E-state index is 12.0. The number of nitrogens with two attached hydrogens (primary N) is 1. The van der Waals surface area contributed by atoms with Gasteiger partial charge in [0.1, 0.15) is 0 Å². The van der Waals surface area contributed by atoms with E-state index >= 15 is 0 Å². The van der Waals surface area contributed by atoms with Gasteiger partial charge in [-0.2, -0.15) is 0 Å². The summed E-state index contributed by atoms with van der Waals surface area (Å²) in [5, 5.41) is 0. The van der Waals surface area contributed by atoms with E-state index in [1.807, 2.05) is 11.9 Å². The first-order chi connectivity index (χ1) is 7.65. The average Bonchev–Trinajstić information content (AvgIpc) is 2.16. The maximum Gasteiger partial charge on any atom is 0.222 e. The van der Waals surface area contributed by atoms with Gasteiger partial charge in [-0.3, -0.25) is 4.79 Å². The monoisotopic (exact) mass is 224 g/mol. The number of nitrogens with zero attached hydrogens (tertiary/aromatic N) is 1. The van der Waals surface area contributed by atoms with Crippen molar-refractivity contribution < 1.29 is 4.79 Å². The highest BCUT2D eigenvalue weighted by Crippen LogP contribution is 2.40. The van der Waals surface area contributed by atoms with E-state index in [2.05, 4.69) is 0 Å². The largest absolute Gasteiger partial charge is 0.345 e. The molecule has 3 heteroatoms. The Morgan fingerprint density at radius 1 is 1.38 bits per heavy atom. The SMILES string of the molecule is CN(CC1(CN)CCC1)C(=O)CC1CCC1. The summed E-state index contributed by atoms with van der Waals surface area (Å²) in [7, 11) is 1.94. The lowest BCUT2D eigenvalue weighted by molar-refractivity contribution is -0.133. The molecule has 1 amide bonds. The Hall–Kier alpha value is -0.570. The van der Waals surface area contributed by atoms with Crippen molar-refractivity contribution in [2.24, 2.45) is 17.1 Å². The Bertz CT molecular complexity index is 251. The highest BCUT2D eigenvalue weighted by molar-refractivity contribution is 5.76. The molecular weight excluding hydrogens is 200 g/mol. The zero-order valence-corrected chi connectivity index (χ0v) is 10.4. The van der Waals surface area contributed by atoms with Crippen molar-refractivity contribution in [1.29, 1.82) is 0 Å². The summed E-state index contributed by atoms with van der Waals surface area (Å²) < 4.78 is 0. The molecule has 0 saturated heterocycles. The highest BCUT2D eigenvalue weighted by atomic mass is 16.2. The lowest BCUT2D eigenvalue weighted by Crippen LogP contribution is -2.47. The molecule has 3 nitrogen and oxygen atoms in total. The van der Waals surface area contributed by atoms with E-state index in [0.29, 0.717) is 11.8 Å². The van der Waals surface area contributed by atoms with E-state index in [1.165, 1.54) is 38.5 Å². The van der Waals surface area contributed by atoms with Gasteiger partial charge in [-0.05, 0) is 38.1 Å². The van der Waals surface area contributed by atoms with Crippen LogP contribution in [0.3, 0.4) is 0 Å². The minimum absolute atomic E-state index is 0.254. The molecule has 2 aliphatic rings. The van der Waals surface area contributed by atoms with Crippen LogP contribution in [0.2, 0.25) is 0 Å². The second kappa shape index (κ2) is 4.74. The fourth-order valence-electron chi connectivity index (χ4n) is 2.79. The molecule has 0 heterocycles. The fraction of sp³-hybridized carbons (Fsp3) is 0.923. The average molecular weight is 224 g/mol. The Kier molecular flexibility index (Phi) is 3.53. The maximum atomic E-state index is 12.0. The van der Waals surface area contributed by atoms with Crippen molar-refractivity contribution in [3.63, 3.8) is 0 Å². The predicted octanol–water partition coefficient (Wildman–Crippen LogP) is 1.76. The van der Waals surface area contributed by atoms with Crippen molar-refractivity contribution in [2.75, 3.05) is 20.1 Å². The molecule has 0 aromatic carbocycles. The second-order valence-electron chi connectivity index (χ2n) is 5.81. The first-order valence-electron chi connectivity index (χ1n) is 6.59. The van der Waals surface area contributed by atoms with Crippen LogP contribution < -0.4 is 5.73 Å². The van der Waals surface area contributed by atoms with Crippen LogP contribution in [0.25, 0.3) is 0 Å². The lowest BCUT2D eigenvalue weighted by Gasteiger charge is -2.43. The molecule has 0 atom stereocenters. The molecule has 0 aromatic rings. The smallest absolute Gasteiger partial charge is 0.222 e. The molecule has 2 saturated carbocycles. The van der Waals surface area contributed by atoms with E-state index in [9.17, 15) is 4.79 Å². The zero-order chi connectivity index (χ0) is 11.6. The van der Waals surface area contributed by atoms with Gasteiger partial charge in [-0.25, -0.2) is 0 Å². The van der Waals surface area contributed by atoms with Crippen LogP contribution in [0.4, 0.5) is 0 Å². The molecule has 0 spiro atoms. The van der Waals surface area contributed by atoms with E-state index in [-0.39, 0.29) is 5.41 Å². The number of rotatable bonds is 5. The molecule has 2 aliphatic carbocycles. The standard InChI is InChI=1S/C13H24N2O/c1-15(10-13(9-14)6-3-7-13)12(16)8-11-4-2-5-11/h11H,2-10,14H2,1H3. The number of hydrogen-bond acceptors (Lipinski definition) is 2. The molecule has 16 heavy (non-hydrogen) atoms. The van der Waals surface area contributed by atoms with E-state index in [4.69, 9.17) is 5.73 Å². The van der Waals surface area contributed by atoms with Crippen LogP contribution in [-0.2, 0) is 4.79 Å². The molecule has 0 radical (unpaired) electrons. The summed E-state index contributed by atoms with van der Waals surface area (Å²) in [6, 6.07) is 0. The molecular formula is C13H24N2O. The molecule has 2 N–H and O–H groups in total. The van der Waals surface area contributed by atoms with Gasteiger partial charge in [0.2, 0.25) is 5.91 Å². The Labute approximate surface area is 98.4 Å². The minimum Gasteiger partial charge on any atom is -0.345 e. The highest BCUT2D eigenvalue weighted by Gasteiger charge is 2.37. The predicted molar refractivity (Wildman–Crippen MR) is 64.9 cm³/mol. The van der Waals surface area contributed by atoms with Crippen LogP contribution in [0.1, 0.15) is 44.9 Å². The molecule has 92 valence electrons. The topological polar surface area (TPSA) is 46.3 Å². The summed E-state index contributed by atoms with van der Waals surface area (Å²) in [6.45, 7) is 1.60. The summed E-state index contributed by atoms with van der Waals surface area (Å²) >= 11 is 0. The summed E-state index contributed by atoms with van der Waals surface area (Å²) in [4.78, 5) is 13.9. The summed E-state index contributed by atoms with van der Waals surface area (Å²) in [5.41, 5.74) is 6.07. The van der Waals surface area contributed by atoms with E-state index in [0.717, 1.165) is 19.5 Å². The van der Waals surface area contributed by atoms with Crippen LogP contribution in [0, 0.1) is 11.3 Å².